The molecule has 2 aliphatic rings. The van der Waals surface area contributed by atoms with Gasteiger partial charge in [-0.2, -0.15) is 0 Å². The average molecular weight is 312 g/mol. The van der Waals surface area contributed by atoms with Gasteiger partial charge in [0, 0.05) is 29.8 Å². The molecule has 2 fully saturated rings. The Morgan fingerprint density at radius 1 is 1.13 bits per heavy atom. The van der Waals surface area contributed by atoms with Gasteiger partial charge in [-0.3, -0.25) is 0 Å². The van der Waals surface area contributed by atoms with Gasteiger partial charge in [-0.05, 0) is 19.1 Å². The van der Waals surface area contributed by atoms with Crippen molar-refractivity contribution in [3.63, 3.8) is 0 Å². The van der Waals surface area contributed by atoms with Crippen molar-refractivity contribution in [1.82, 2.24) is 10.3 Å². The number of aromatic nitrogens is 1. The number of ether oxygens (including phenoxy) is 3. The summed E-state index contributed by atoms with van der Waals surface area (Å²) < 4.78 is 17.1. The van der Waals surface area contributed by atoms with Gasteiger partial charge in [-0.25, -0.2) is 4.98 Å². The van der Waals surface area contributed by atoms with E-state index in [9.17, 15) is 0 Å². The maximum absolute atomic E-state index is 5.93. The molecule has 0 amide bonds. The standard InChI is InChI=1S/C18H20N2O3/c1-12-16(11-19-12)23-17-7-3-6-15(20-17)13-4-2-5-14(10-13)18-21-8-9-22-18/h2-7,10,12,16,18-19H,8-9,11H2,1H3. The van der Waals surface area contributed by atoms with Crippen molar-refractivity contribution in [3.8, 4) is 17.1 Å². The molecule has 4 rings (SSSR count). The molecule has 2 aliphatic heterocycles. The quantitative estimate of drug-likeness (QED) is 0.940. The molecule has 2 saturated heterocycles. The molecule has 120 valence electrons. The molecule has 3 heterocycles. The second kappa shape index (κ2) is 6.28. The molecule has 0 bridgehead atoms. The normalized spacial score (nSPS) is 24.4. The number of rotatable bonds is 4. The molecule has 0 saturated carbocycles. The van der Waals surface area contributed by atoms with Gasteiger partial charge in [-0.15, -0.1) is 0 Å². The van der Waals surface area contributed by atoms with E-state index in [0.717, 1.165) is 23.4 Å². The van der Waals surface area contributed by atoms with Gasteiger partial charge in [0.15, 0.2) is 6.29 Å². The van der Waals surface area contributed by atoms with Crippen LogP contribution in [0.3, 0.4) is 0 Å². The highest BCUT2D eigenvalue weighted by atomic mass is 16.7. The van der Waals surface area contributed by atoms with Crippen LogP contribution in [0.1, 0.15) is 18.8 Å². The summed E-state index contributed by atoms with van der Waals surface area (Å²) in [6.45, 7) is 4.27. The highest BCUT2D eigenvalue weighted by Gasteiger charge is 2.28. The molecule has 0 spiro atoms. The minimum Gasteiger partial charge on any atom is -0.471 e. The van der Waals surface area contributed by atoms with Crippen LogP contribution in [0.25, 0.3) is 11.3 Å². The molecule has 1 aromatic carbocycles. The van der Waals surface area contributed by atoms with E-state index >= 15 is 0 Å². The average Bonchev–Trinajstić information content (AvgIpc) is 3.13. The summed E-state index contributed by atoms with van der Waals surface area (Å²) in [6, 6.07) is 14.4. The van der Waals surface area contributed by atoms with Crippen LogP contribution in [0.5, 0.6) is 5.88 Å². The molecule has 0 aliphatic carbocycles. The van der Waals surface area contributed by atoms with E-state index in [1.165, 1.54) is 0 Å². The fourth-order valence-corrected chi connectivity index (χ4v) is 2.79. The van der Waals surface area contributed by atoms with Gasteiger partial charge < -0.3 is 19.5 Å². The molecular formula is C18H20N2O3. The van der Waals surface area contributed by atoms with Crippen LogP contribution < -0.4 is 10.1 Å². The van der Waals surface area contributed by atoms with E-state index in [0.29, 0.717) is 25.1 Å². The highest BCUT2D eigenvalue weighted by molar-refractivity contribution is 5.60. The second-order valence-corrected chi connectivity index (χ2v) is 5.91. The lowest BCUT2D eigenvalue weighted by Gasteiger charge is -2.34. The highest BCUT2D eigenvalue weighted by Crippen LogP contribution is 2.28. The van der Waals surface area contributed by atoms with Gasteiger partial charge in [0.1, 0.15) is 6.10 Å². The molecule has 2 atom stereocenters. The molecule has 23 heavy (non-hydrogen) atoms. The smallest absolute Gasteiger partial charge is 0.214 e. The van der Waals surface area contributed by atoms with Crippen molar-refractivity contribution >= 4 is 0 Å². The lowest BCUT2D eigenvalue weighted by molar-refractivity contribution is -0.0440. The topological polar surface area (TPSA) is 52.6 Å². The third-order valence-corrected chi connectivity index (χ3v) is 4.27. The Bertz CT molecular complexity index is 685. The molecule has 0 radical (unpaired) electrons. The first-order valence-electron chi connectivity index (χ1n) is 8.00. The van der Waals surface area contributed by atoms with Crippen LogP contribution >= 0.6 is 0 Å². The van der Waals surface area contributed by atoms with Crippen molar-refractivity contribution in [2.45, 2.75) is 25.4 Å². The fourth-order valence-electron chi connectivity index (χ4n) is 2.79. The number of nitrogens with one attached hydrogen (secondary N) is 1. The van der Waals surface area contributed by atoms with Crippen molar-refractivity contribution in [1.29, 1.82) is 0 Å². The lowest BCUT2D eigenvalue weighted by atomic mass is 10.1. The van der Waals surface area contributed by atoms with Crippen molar-refractivity contribution in [2.24, 2.45) is 0 Å². The Morgan fingerprint density at radius 3 is 2.70 bits per heavy atom. The third-order valence-electron chi connectivity index (χ3n) is 4.27. The summed E-state index contributed by atoms with van der Waals surface area (Å²) in [5.74, 6) is 0.666. The number of benzene rings is 1. The Balaban J connectivity index is 1.56. The molecule has 1 aromatic heterocycles. The summed E-state index contributed by atoms with van der Waals surface area (Å²) in [5.41, 5.74) is 2.94. The van der Waals surface area contributed by atoms with E-state index in [2.05, 4.69) is 23.3 Å². The zero-order chi connectivity index (χ0) is 15.6. The first-order valence-corrected chi connectivity index (χ1v) is 8.00. The zero-order valence-electron chi connectivity index (χ0n) is 13.1. The summed E-state index contributed by atoms with van der Waals surface area (Å²) in [7, 11) is 0. The van der Waals surface area contributed by atoms with E-state index in [-0.39, 0.29) is 12.4 Å². The number of hydrogen-bond acceptors (Lipinski definition) is 5. The van der Waals surface area contributed by atoms with Crippen LogP contribution in [-0.4, -0.2) is 36.9 Å². The maximum atomic E-state index is 5.93. The van der Waals surface area contributed by atoms with Gasteiger partial charge in [-0.1, -0.05) is 24.3 Å². The predicted octanol–water partition coefficient (Wildman–Crippen LogP) is 2.53. The van der Waals surface area contributed by atoms with Crippen molar-refractivity contribution < 1.29 is 14.2 Å². The van der Waals surface area contributed by atoms with Gasteiger partial charge in [0.05, 0.1) is 18.9 Å². The SMILES string of the molecule is CC1NCC1Oc1cccc(-c2cccc(C3OCCO3)c2)n1. The summed E-state index contributed by atoms with van der Waals surface area (Å²) in [4.78, 5) is 4.64. The largest absolute Gasteiger partial charge is 0.471 e. The maximum Gasteiger partial charge on any atom is 0.214 e. The minimum atomic E-state index is -0.267. The molecule has 5 heteroatoms. The fraction of sp³-hybridized carbons (Fsp3) is 0.389. The first-order chi connectivity index (χ1) is 11.3. The monoisotopic (exact) mass is 312 g/mol. The summed E-state index contributed by atoms with van der Waals surface area (Å²) >= 11 is 0. The van der Waals surface area contributed by atoms with Crippen molar-refractivity contribution in [2.75, 3.05) is 19.8 Å². The minimum absolute atomic E-state index is 0.198. The van der Waals surface area contributed by atoms with Gasteiger partial charge in [0.2, 0.25) is 5.88 Å². The lowest BCUT2D eigenvalue weighted by Crippen LogP contribution is -2.58. The van der Waals surface area contributed by atoms with E-state index in [4.69, 9.17) is 14.2 Å². The third kappa shape index (κ3) is 3.08. The number of pyridine rings is 1. The van der Waals surface area contributed by atoms with Gasteiger partial charge >= 0.3 is 0 Å². The Hall–Kier alpha value is -1.95. The molecule has 2 unspecified atom stereocenters. The second-order valence-electron chi connectivity index (χ2n) is 5.91. The molecule has 5 nitrogen and oxygen atoms in total. The van der Waals surface area contributed by atoms with Crippen LogP contribution in [-0.2, 0) is 9.47 Å². The van der Waals surface area contributed by atoms with E-state index < -0.39 is 0 Å². The van der Waals surface area contributed by atoms with Crippen molar-refractivity contribution in [3.05, 3.63) is 48.0 Å². The van der Waals surface area contributed by atoms with E-state index in [1.54, 1.807) is 0 Å². The van der Waals surface area contributed by atoms with Crippen LogP contribution in [0, 0.1) is 0 Å². The first kappa shape index (κ1) is 14.6. The molecule has 2 aromatic rings. The summed E-state index contributed by atoms with van der Waals surface area (Å²) in [5, 5.41) is 3.28. The summed E-state index contributed by atoms with van der Waals surface area (Å²) in [6.07, 6.45) is -0.0688. The van der Waals surface area contributed by atoms with Crippen LogP contribution in [0.4, 0.5) is 0 Å². The zero-order valence-corrected chi connectivity index (χ0v) is 13.1. The Kier molecular flexibility index (Phi) is 3.99. The Labute approximate surface area is 135 Å². The molecular weight excluding hydrogens is 292 g/mol. The number of nitrogens with zero attached hydrogens (tertiary/aromatic N) is 1. The van der Waals surface area contributed by atoms with Crippen LogP contribution in [0.15, 0.2) is 42.5 Å². The van der Waals surface area contributed by atoms with Gasteiger partial charge in [0.25, 0.3) is 0 Å². The number of hydrogen-bond donors (Lipinski definition) is 1. The van der Waals surface area contributed by atoms with Crippen LogP contribution in [0.2, 0.25) is 0 Å². The van der Waals surface area contributed by atoms with E-state index in [1.807, 2.05) is 36.4 Å². The predicted molar refractivity (Wildman–Crippen MR) is 86.2 cm³/mol. The molecule has 1 N–H and O–H groups in total. The Morgan fingerprint density at radius 2 is 1.96 bits per heavy atom.